The van der Waals surface area contributed by atoms with Gasteiger partial charge in [-0.2, -0.15) is 0 Å². The van der Waals surface area contributed by atoms with Crippen molar-refractivity contribution in [1.29, 1.82) is 0 Å². The Morgan fingerprint density at radius 1 is 1.21 bits per heavy atom. The number of aromatic hydroxyl groups is 1. The number of rotatable bonds is 1. The van der Waals surface area contributed by atoms with Crippen molar-refractivity contribution in [1.82, 2.24) is 9.97 Å². The molecule has 0 aliphatic heterocycles. The molecule has 3 nitrogen and oxygen atoms in total. The average Bonchev–Trinajstić information content (AvgIpc) is 2.19. The summed E-state index contributed by atoms with van der Waals surface area (Å²) in [5.74, 6) is 0.0729. The van der Waals surface area contributed by atoms with E-state index in [1.165, 1.54) is 12.3 Å². The van der Waals surface area contributed by atoms with Crippen molar-refractivity contribution in [3.05, 3.63) is 41.8 Å². The van der Waals surface area contributed by atoms with Crippen LogP contribution in [0.1, 0.15) is 0 Å². The van der Waals surface area contributed by atoms with Gasteiger partial charge in [0, 0.05) is 30.2 Å². The fourth-order valence-corrected chi connectivity index (χ4v) is 1.31. The normalized spacial score (nSPS) is 10.1. The molecule has 2 heterocycles. The highest BCUT2D eigenvalue weighted by Gasteiger charge is 2.05. The lowest BCUT2D eigenvalue weighted by Crippen LogP contribution is -1.84. The number of halogens is 1. The quantitative estimate of drug-likeness (QED) is 0.780. The molecule has 2 aromatic heterocycles. The zero-order valence-electron chi connectivity index (χ0n) is 7.18. The first kappa shape index (κ1) is 8.97. The maximum atomic E-state index is 9.58. The first-order valence-electron chi connectivity index (χ1n) is 4.02. The van der Waals surface area contributed by atoms with Gasteiger partial charge in [0.15, 0.2) is 0 Å². The zero-order valence-corrected chi connectivity index (χ0v) is 7.94. The smallest absolute Gasteiger partial charge is 0.143 e. The first-order chi connectivity index (χ1) is 6.77. The fraction of sp³-hybridized carbons (Fsp3) is 0. The molecule has 0 radical (unpaired) electrons. The van der Waals surface area contributed by atoms with E-state index >= 15 is 0 Å². The summed E-state index contributed by atoms with van der Waals surface area (Å²) in [6.07, 6.45) is 4.78. The molecule has 0 aliphatic rings. The predicted octanol–water partition coefficient (Wildman–Crippen LogP) is 2.50. The molecular formula is C10H7ClN2O. The van der Waals surface area contributed by atoms with Crippen LogP contribution in [0.2, 0.25) is 5.02 Å². The van der Waals surface area contributed by atoms with Crippen LogP contribution in [0.25, 0.3) is 11.3 Å². The topological polar surface area (TPSA) is 46.0 Å². The van der Waals surface area contributed by atoms with Crippen molar-refractivity contribution < 1.29 is 5.11 Å². The molecule has 0 amide bonds. The van der Waals surface area contributed by atoms with Gasteiger partial charge in [-0.3, -0.25) is 9.97 Å². The number of pyridine rings is 2. The van der Waals surface area contributed by atoms with Gasteiger partial charge < -0.3 is 5.11 Å². The molecule has 0 spiro atoms. The molecule has 1 N–H and O–H groups in total. The Kier molecular flexibility index (Phi) is 2.33. The lowest BCUT2D eigenvalue weighted by Gasteiger charge is -2.02. The highest BCUT2D eigenvalue weighted by atomic mass is 35.5. The third kappa shape index (κ3) is 1.67. The third-order valence-corrected chi connectivity index (χ3v) is 1.99. The van der Waals surface area contributed by atoms with Crippen molar-refractivity contribution in [3.8, 4) is 17.0 Å². The lowest BCUT2D eigenvalue weighted by molar-refractivity contribution is 0.475. The Balaban J connectivity index is 2.53. The lowest BCUT2D eigenvalue weighted by atomic mass is 10.1. The summed E-state index contributed by atoms with van der Waals surface area (Å²) in [4.78, 5) is 7.92. The van der Waals surface area contributed by atoms with Crippen LogP contribution in [-0.4, -0.2) is 15.1 Å². The van der Waals surface area contributed by atoms with Crippen molar-refractivity contribution in [2.45, 2.75) is 0 Å². The van der Waals surface area contributed by atoms with E-state index in [0.29, 0.717) is 10.7 Å². The second-order valence-electron chi connectivity index (χ2n) is 2.76. The Hall–Kier alpha value is -1.61. The van der Waals surface area contributed by atoms with Crippen LogP contribution >= 0.6 is 11.6 Å². The van der Waals surface area contributed by atoms with Gasteiger partial charge in [0.05, 0.1) is 5.02 Å². The summed E-state index contributed by atoms with van der Waals surface area (Å²) in [5.41, 5.74) is 1.32. The maximum absolute atomic E-state index is 9.58. The number of aromatic nitrogens is 2. The van der Waals surface area contributed by atoms with E-state index in [9.17, 15) is 5.11 Å². The molecule has 2 rings (SSSR count). The maximum Gasteiger partial charge on any atom is 0.143 e. The highest BCUT2D eigenvalue weighted by molar-refractivity contribution is 6.30. The summed E-state index contributed by atoms with van der Waals surface area (Å²) in [6, 6.07) is 5.01. The van der Waals surface area contributed by atoms with E-state index < -0.39 is 0 Å². The van der Waals surface area contributed by atoms with Crippen LogP contribution in [0.5, 0.6) is 5.75 Å². The van der Waals surface area contributed by atoms with E-state index in [1.54, 1.807) is 24.5 Å². The second kappa shape index (κ2) is 3.64. The van der Waals surface area contributed by atoms with Crippen LogP contribution in [0.4, 0.5) is 0 Å². The second-order valence-corrected chi connectivity index (χ2v) is 3.19. The number of hydrogen-bond acceptors (Lipinski definition) is 3. The van der Waals surface area contributed by atoms with E-state index in [1.807, 2.05) is 0 Å². The van der Waals surface area contributed by atoms with E-state index in [2.05, 4.69) is 9.97 Å². The summed E-state index contributed by atoms with van der Waals surface area (Å²) in [6.45, 7) is 0. The van der Waals surface area contributed by atoms with Crippen molar-refractivity contribution >= 4 is 11.6 Å². The van der Waals surface area contributed by atoms with Gasteiger partial charge in [0.25, 0.3) is 0 Å². The van der Waals surface area contributed by atoms with Gasteiger partial charge in [0.2, 0.25) is 0 Å². The van der Waals surface area contributed by atoms with Gasteiger partial charge in [-0.25, -0.2) is 0 Å². The van der Waals surface area contributed by atoms with E-state index in [-0.39, 0.29) is 5.75 Å². The predicted molar refractivity (Wildman–Crippen MR) is 54.1 cm³/mol. The van der Waals surface area contributed by atoms with Gasteiger partial charge in [-0.15, -0.1) is 0 Å². The largest absolute Gasteiger partial charge is 0.506 e. The van der Waals surface area contributed by atoms with Crippen molar-refractivity contribution in [3.63, 3.8) is 0 Å². The molecule has 0 atom stereocenters. The first-order valence-corrected chi connectivity index (χ1v) is 4.40. The molecule has 0 saturated heterocycles. The molecule has 0 aromatic carbocycles. The van der Waals surface area contributed by atoms with Crippen LogP contribution in [0.15, 0.2) is 36.8 Å². The molecule has 14 heavy (non-hydrogen) atoms. The summed E-state index contributed by atoms with van der Waals surface area (Å²) >= 11 is 5.67. The molecule has 0 fully saturated rings. The number of nitrogens with zero attached hydrogens (tertiary/aromatic N) is 2. The van der Waals surface area contributed by atoms with Crippen LogP contribution < -0.4 is 0 Å². The summed E-state index contributed by atoms with van der Waals surface area (Å²) in [5, 5.41) is 9.99. The molecule has 0 aliphatic carbocycles. The number of hydrogen-bond donors (Lipinski definition) is 1. The molecule has 4 heteroatoms. The molecule has 0 saturated carbocycles. The minimum absolute atomic E-state index is 0.0729. The van der Waals surface area contributed by atoms with E-state index in [4.69, 9.17) is 11.6 Å². The standard InChI is InChI=1S/C10H7ClN2O/c11-8-5-9(14)10(13-6-8)7-1-3-12-4-2-7/h1-6,14H. The highest BCUT2D eigenvalue weighted by Crippen LogP contribution is 2.28. The van der Waals surface area contributed by atoms with Gasteiger partial charge >= 0.3 is 0 Å². The van der Waals surface area contributed by atoms with E-state index in [0.717, 1.165) is 5.56 Å². The van der Waals surface area contributed by atoms with Crippen LogP contribution in [0, 0.1) is 0 Å². The Labute approximate surface area is 86.0 Å². The molecular weight excluding hydrogens is 200 g/mol. The van der Waals surface area contributed by atoms with Gasteiger partial charge in [0.1, 0.15) is 11.4 Å². The van der Waals surface area contributed by atoms with Crippen molar-refractivity contribution in [2.75, 3.05) is 0 Å². The van der Waals surface area contributed by atoms with Crippen LogP contribution in [-0.2, 0) is 0 Å². The van der Waals surface area contributed by atoms with Gasteiger partial charge in [-0.1, -0.05) is 11.6 Å². The zero-order chi connectivity index (χ0) is 9.97. The monoisotopic (exact) mass is 206 g/mol. The molecule has 0 unspecified atom stereocenters. The summed E-state index contributed by atoms with van der Waals surface area (Å²) in [7, 11) is 0. The van der Waals surface area contributed by atoms with Gasteiger partial charge in [-0.05, 0) is 12.1 Å². The average molecular weight is 207 g/mol. The minimum atomic E-state index is 0.0729. The molecule has 70 valence electrons. The molecule has 0 bridgehead atoms. The Morgan fingerprint density at radius 3 is 2.57 bits per heavy atom. The SMILES string of the molecule is Oc1cc(Cl)cnc1-c1ccncc1. The Morgan fingerprint density at radius 2 is 1.93 bits per heavy atom. The minimum Gasteiger partial charge on any atom is -0.506 e. The third-order valence-electron chi connectivity index (χ3n) is 1.79. The van der Waals surface area contributed by atoms with Crippen molar-refractivity contribution in [2.24, 2.45) is 0 Å². The van der Waals surface area contributed by atoms with Crippen LogP contribution in [0.3, 0.4) is 0 Å². The fourth-order valence-electron chi connectivity index (χ4n) is 1.16. The summed E-state index contributed by atoms with van der Waals surface area (Å²) < 4.78 is 0. The molecule has 2 aromatic rings. The Bertz CT molecular complexity index is 445.